The van der Waals surface area contributed by atoms with E-state index in [4.69, 9.17) is 0 Å². The molecule has 0 saturated carbocycles. The summed E-state index contributed by atoms with van der Waals surface area (Å²) >= 11 is 0. The molecule has 0 saturated heterocycles. The third-order valence-corrected chi connectivity index (χ3v) is 3.17. The van der Waals surface area contributed by atoms with Crippen molar-refractivity contribution in [3.8, 4) is 0 Å². The Labute approximate surface area is 97.6 Å². The summed E-state index contributed by atoms with van der Waals surface area (Å²) in [4.78, 5) is 0. The van der Waals surface area contributed by atoms with Gasteiger partial charge in [-0.15, -0.1) is 0 Å². The number of hydrogen-bond acceptors (Lipinski definition) is 3. The molecule has 16 heavy (non-hydrogen) atoms. The van der Waals surface area contributed by atoms with Gasteiger partial charge in [0.25, 0.3) is 0 Å². The summed E-state index contributed by atoms with van der Waals surface area (Å²) in [7, 11) is -2.88. The van der Waals surface area contributed by atoms with Crippen LogP contribution in [0.2, 0.25) is 0 Å². The van der Waals surface area contributed by atoms with Crippen molar-refractivity contribution in [2.24, 2.45) is 0 Å². The fourth-order valence-corrected chi connectivity index (χ4v) is 1.87. The third-order valence-electron chi connectivity index (χ3n) is 2.25. The lowest BCUT2D eigenvalue weighted by Gasteiger charge is -2.05. The van der Waals surface area contributed by atoms with Crippen LogP contribution in [0.1, 0.15) is 19.4 Å². The molecular weight excluding hydrogens is 224 g/mol. The van der Waals surface area contributed by atoms with Crippen molar-refractivity contribution in [3.63, 3.8) is 0 Å². The molecule has 1 aromatic heterocycles. The van der Waals surface area contributed by atoms with Crippen LogP contribution in [0.4, 0.5) is 0 Å². The Hall–Kier alpha value is -0.810. The van der Waals surface area contributed by atoms with Gasteiger partial charge < -0.3 is 9.88 Å². The molecule has 4 nitrogen and oxygen atoms in total. The predicted octanol–water partition coefficient (Wildman–Crippen LogP) is 1.03. The molecule has 0 aromatic carbocycles. The van der Waals surface area contributed by atoms with E-state index in [9.17, 15) is 8.42 Å². The summed E-state index contributed by atoms with van der Waals surface area (Å²) in [5.74, 6) is 0.193. The molecule has 0 aliphatic heterocycles. The van der Waals surface area contributed by atoms with E-state index < -0.39 is 9.84 Å². The Balaban J connectivity index is 2.45. The highest BCUT2D eigenvalue weighted by Crippen LogP contribution is 2.02. The van der Waals surface area contributed by atoms with Crippen LogP contribution in [0.5, 0.6) is 0 Å². The van der Waals surface area contributed by atoms with E-state index in [1.807, 2.05) is 23.0 Å². The zero-order chi connectivity index (χ0) is 12.2. The molecule has 0 amide bonds. The second-order valence-corrected chi connectivity index (χ2v) is 6.68. The Morgan fingerprint density at radius 2 is 2.12 bits per heavy atom. The second kappa shape index (κ2) is 5.50. The standard InChI is InChI=1S/C11H20N2O2S/c1-10(2)12-8-11-4-5-13(9-11)6-7-16(3,14)15/h4-5,9-10,12H,6-8H2,1-3H3. The SMILES string of the molecule is CC(C)NCc1ccn(CCS(C)(=O)=O)c1. The quantitative estimate of drug-likeness (QED) is 0.813. The number of aryl methyl sites for hydroxylation is 1. The van der Waals surface area contributed by atoms with Crippen LogP contribution >= 0.6 is 0 Å². The number of sulfone groups is 1. The molecular formula is C11H20N2O2S. The van der Waals surface area contributed by atoms with Gasteiger partial charge in [-0.2, -0.15) is 0 Å². The molecule has 0 aliphatic rings. The normalized spacial score (nSPS) is 12.2. The summed E-state index contributed by atoms with van der Waals surface area (Å²) in [6.45, 7) is 5.55. The Kier molecular flexibility index (Phi) is 4.56. The topological polar surface area (TPSA) is 51.1 Å². The smallest absolute Gasteiger partial charge is 0.149 e. The summed E-state index contributed by atoms with van der Waals surface area (Å²) in [6.07, 6.45) is 5.17. The van der Waals surface area contributed by atoms with E-state index >= 15 is 0 Å². The van der Waals surface area contributed by atoms with Crippen LogP contribution in [0.3, 0.4) is 0 Å². The summed E-state index contributed by atoms with van der Waals surface area (Å²) in [5, 5.41) is 3.32. The molecule has 1 rings (SSSR count). The van der Waals surface area contributed by atoms with Crippen molar-refractivity contribution in [1.82, 2.24) is 9.88 Å². The number of nitrogens with zero attached hydrogens (tertiary/aromatic N) is 1. The molecule has 1 heterocycles. The van der Waals surface area contributed by atoms with Crippen LogP contribution in [0, 0.1) is 0 Å². The lowest BCUT2D eigenvalue weighted by atomic mass is 10.3. The van der Waals surface area contributed by atoms with Gasteiger partial charge in [0.2, 0.25) is 0 Å². The molecule has 92 valence electrons. The van der Waals surface area contributed by atoms with Crippen LogP contribution in [-0.2, 0) is 22.9 Å². The highest BCUT2D eigenvalue weighted by atomic mass is 32.2. The van der Waals surface area contributed by atoms with Gasteiger partial charge in [-0.05, 0) is 11.6 Å². The van der Waals surface area contributed by atoms with Crippen LogP contribution in [0.25, 0.3) is 0 Å². The fraction of sp³-hybridized carbons (Fsp3) is 0.636. The average molecular weight is 244 g/mol. The minimum Gasteiger partial charge on any atom is -0.353 e. The maximum Gasteiger partial charge on any atom is 0.149 e. The minimum atomic E-state index is -2.88. The zero-order valence-corrected chi connectivity index (χ0v) is 10.9. The molecule has 0 atom stereocenters. The molecule has 0 bridgehead atoms. The van der Waals surface area contributed by atoms with E-state index in [2.05, 4.69) is 19.2 Å². The zero-order valence-electron chi connectivity index (χ0n) is 10.1. The third kappa shape index (κ3) is 5.32. The first-order chi connectivity index (χ1) is 7.37. The fourth-order valence-electron chi connectivity index (χ4n) is 1.33. The maximum atomic E-state index is 11.0. The van der Waals surface area contributed by atoms with Crippen molar-refractivity contribution in [3.05, 3.63) is 24.0 Å². The van der Waals surface area contributed by atoms with Gasteiger partial charge in [0, 0.05) is 37.8 Å². The number of rotatable bonds is 6. The van der Waals surface area contributed by atoms with E-state index in [0.29, 0.717) is 12.6 Å². The lowest BCUT2D eigenvalue weighted by Crippen LogP contribution is -2.21. The summed E-state index contributed by atoms with van der Waals surface area (Å²) < 4.78 is 23.9. The first kappa shape index (κ1) is 13.3. The molecule has 0 unspecified atom stereocenters. The average Bonchev–Trinajstić information content (AvgIpc) is 2.58. The van der Waals surface area contributed by atoms with E-state index in [-0.39, 0.29) is 5.75 Å². The van der Waals surface area contributed by atoms with Gasteiger partial charge in [-0.1, -0.05) is 13.8 Å². The Morgan fingerprint density at radius 1 is 1.44 bits per heavy atom. The van der Waals surface area contributed by atoms with Gasteiger partial charge >= 0.3 is 0 Å². The summed E-state index contributed by atoms with van der Waals surface area (Å²) in [5.41, 5.74) is 1.18. The monoisotopic (exact) mass is 244 g/mol. The highest BCUT2D eigenvalue weighted by molar-refractivity contribution is 7.90. The molecule has 0 spiro atoms. The van der Waals surface area contributed by atoms with Crippen LogP contribution < -0.4 is 5.32 Å². The lowest BCUT2D eigenvalue weighted by molar-refractivity contribution is 0.586. The molecule has 0 aliphatic carbocycles. The Morgan fingerprint density at radius 3 is 2.69 bits per heavy atom. The van der Waals surface area contributed by atoms with E-state index in [1.165, 1.54) is 11.8 Å². The number of hydrogen-bond donors (Lipinski definition) is 1. The first-order valence-corrected chi connectivity index (χ1v) is 7.48. The van der Waals surface area contributed by atoms with Gasteiger partial charge in [-0.3, -0.25) is 0 Å². The molecule has 0 radical (unpaired) electrons. The largest absolute Gasteiger partial charge is 0.353 e. The summed E-state index contributed by atoms with van der Waals surface area (Å²) in [6, 6.07) is 2.47. The van der Waals surface area contributed by atoms with Gasteiger partial charge in [0.15, 0.2) is 0 Å². The maximum absolute atomic E-state index is 11.0. The number of nitrogens with one attached hydrogen (secondary N) is 1. The first-order valence-electron chi connectivity index (χ1n) is 5.42. The van der Waals surface area contributed by atoms with Crippen molar-refractivity contribution in [1.29, 1.82) is 0 Å². The number of aromatic nitrogens is 1. The molecule has 1 aromatic rings. The highest BCUT2D eigenvalue weighted by Gasteiger charge is 2.03. The van der Waals surface area contributed by atoms with Crippen molar-refractivity contribution < 1.29 is 8.42 Å². The van der Waals surface area contributed by atoms with Gasteiger partial charge in [-0.25, -0.2) is 8.42 Å². The van der Waals surface area contributed by atoms with Gasteiger partial charge in [0.05, 0.1) is 5.75 Å². The van der Waals surface area contributed by atoms with Crippen LogP contribution in [-0.4, -0.2) is 31.0 Å². The molecule has 5 heteroatoms. The molecule has 1 N–H and O–H groups in total. The minimum absolute atomic E-state index is 0.193. The van der Waals surface area contributed by atoms with Crippen molar-refractivity contribution >= 4 is 9.84 Å². The van der Waals surface area contributed by atoms with E-state index in [0.717, 1.165) is 6.54 Å². The van der Waals surface area contributed by atoms with Crippen molar-refractivity contribution in [2.45, 2.75) is 33.0 Å². The predicted molar refractivity (Wildman–Crippen MR) is 66.1 cm³/mol. The molecule has 0 fully saturated rings. The second-order valence-electron chi connectivity index (χ2n) is 4.42. The van der Waals surface area contributed by atoms with E-state index in [1.54, 1.807) is 0 Å². The van der Waals surface area contributed by atoms with Crippen molar-refractivity contribution in [2.75, 3.05) is 12.0 Å². The Bertz CT molecular complexity index is 421. The van der Waals surface area contributed by atoms with Crippen LogP contribution in [0.15, 0.2) is 18.5 Å². The van der Waals surface area contributed by atoms with Gasteiger partial charge in [0.1, 0.15) is 9.84 Å².